The van der Waals surface area contributed by atoms with E-state index in [4.69, 9.17) is 9.84 Å². The van der Waals surface area contributed by atoms with E-state index in [9.17, 15) is 4.79 Å². The minimum absolute atomic E-state index is 0.00606. The van der Waals surface area contributed by atoms with E-state index in [0.29, 0.717) is 5.88 Å². The van der Waals surface area contributed by atoms with Crippen molar-refractivity contribution in [3.8, 4) is 5.88 Å². The number of nitrogens with zero attached hydrogens (tertiary/aromatic N) is 2. The van der Waals surface area contributed by atoms with Gasteiger partial charge in [0.15, 0.2) is 0 Å². The lowest BCUT2D eigenvalue weighted by molar-refractivity contribution is 0.0677. The summed E-state index contributed by atoms with van der Waals surface area (Å²) in [5.74, 6) is -0.658. The predicted octanol–water partition coefficient (Wildman–Crippen LogP) is 0.752. The summed E-state index contributed by atoms with van der Waals surface area (Å²) < 4.78 is 7.11. The van der Waals surface area contributed by atoms with Gasteiger partial charge in [-0.3, -0.25) is 0 Å². The lowest BCUT2D eigenvalue weighted by Crippen LogP contribution is -2.23. The number of fused-ring (bicyclic) bond motifs is 1. The monoisotopic (exact) mass is 182 g/mol. The van der Waals surface area contributed by atoms with Gasteiger partial charge < -0.3 is 14.4 Å². The molecule has 0 aliphatic carbocycles. The second kappa shape index (κ2) is 2.76. The van der Waals surface area contributed by atoms with Gasteiger partial charge in [-0.2, -0.15) is 0 Å². The van der Waals surface area contributed by atoms with Gasteiger partial charge in [0, 0.05) is 13.0 Å². The maximum Gasteiger partial charge on any atom is 0.360 e. The van der Waals surface area contributed by atoms with Gasteiger partial charge in [-0.1, -0.05) is 0 Å². The first kappa shape index (κ1) is 8.10. The zero-order valence-electron chi connectivity index (χ0n) is 7.23. The van der Waals surface area contributed by atoms with Crippen molar-refractivity contribution in [1.82, 2.24) is 9.55 Å². The number of rotatable bonds is 1. The molecule has 1 aromatic heterocycles. The molecule has 2 heterocycles. The van der Waals surface area contributed by atoms with Crippen molar-refractivity contribution in [1.29, 1.82) is 0 Å². The summed E-state index contributed by atoms with van der Waals surface area (Å²) in [6.07, 6.45) is 2.47. The van der Waals surface area contributed by atoms with Gasteiger partial charge in [0.25, 0.3) is 0 Å². The van der Waals surface area contributed by atoms with Crippen LogP contribution >= 0.6 is 0 Å². The van der Waals surface area contributed by atoms with Crippen LogP contribution in [0.3, 0.4) is 0 Å². The summed E-state index contributed by atoms with van der Waals surface area (Å²) in [7, 11) is 0. The highest BCUT2D eigenvalue weighted by Gasteiger charge is 2.24. The van der Waals surface area contributed by atoms with Crippen molar-refractivity contribution in [3.05, 3.63) is 12.0 Å². The molecule has 0 aromatic carbocycles. The van der Waals surface area contributed by atoms with E-state index in [1.807, 2.05) is 6.92 Å². The van der Waals surface area contributed by atoms with E-state index < -0.39 is 5.97 Å². The Labute approximate surface area is 75.0 Å². The Morgan fingerprint density at radius 2 is 2.62 bits per heavy atom. The zero-order valence-corrected chi connectivity index (χ0v) is 7.23. The largest absolute Gasteiger partial charge is 0.476 e. The van der Waals surface area contributed by atoms with Crippen LogP contribution in [-0.2, 0) is 6.54 Å². The summed E-state index contributed by atoms with van der Waals surface area (Å²) in [5.41, 5.74) is 0.00606. The Morgan fingerprint density at radius 1 is 1.85 bits per heavy atom. The quantitative estimate of drug-likeness (QED) is 0.696. The third-order valence-electron chi connectivity index (χ3n) is 2.08. The lowest BCUT2D eigenvalue weighted by atomic mass is 10.2. The average Bonchev–Trinajstić information content (AvgIpc) is 2.46. The molecular formula is C8H10N2O3. The van der Waals surface area contributed by atoms with Crippen molar-refractivity contribution in [2.24, 2.45) is 0 Å². The summed E-state index contributed by atoms with van der Waals surface area (Å²) in [6, 6.07) is 0. The number of carboxylic acids is 1. The molecule has 0 saturated heterocycles. The molecule has 1 atom stereocenters. The van der Waals surface area contributed by atoms with Crippen LogP contribution in [0.2, 0.25) is 0 Å². The van der Waals surface area contributed by atoms with Gasteiger partial charge in [-0.05, 0) is 6.92 Å². The van der Waals surface area contributed by atoms with Gasteiger partial charge in [-0.25, -0.2) is 9.78 Å². The van der Waals surface area contributed by atoms with Gasteiger partial charge in [0.1, 0.15) is 0 Å². The van der Waals surface area contributed by atoms with Crippen LogP contribution in [0.1, 0.15) is 23.8 Å². The molecule has 0 bridgehead atoms. The molecule has 0 amide bonds. The second-order valence-electron chi connectivity index (χ2n) is 3.11. The first-order valence-corrected chi connectivity index (χ1v) is 4.13. The summed E-state index contributed by atoms with van der Waals surface area (Å²) in [4.78, 5) is 14.5. The highest BCUT2D eigenvalue weighted by atomic mass is 16.5. The van der Waals surface area contributed by atoms with Crippen molar-refractivity contribution in [2.45, 2.75) is 26.0 Å². The van der Waals surface area contributed by atoms with Gasteiger partial charge >= 0.3 is 5.97 Å². The average molecular weight is 182 g/mol. The number of imidazole rings is 1. The number of aromatic nitrogens is 2. The molecule has 0 saturated carbocycles. The van der Waals surface area contributed by atoms with Crippen LogP contribution < -0.4 is 4.74 Å². The first-order chi connectivity index (χ1) is 6.18. The first-order valence-electron chi connectivity index (χ1n) is 4.13. The smallest absolute Gasteiger partial charge is 0.360 e. The molecule has 1 aliphatic heterocycles. The highest BCUT2D eigenvalue weighted by Crippen LogP contribution is 2.24. The minimum Gasteiger partial charge on any atom is -0.476 e. The highest BCUT2D eigenvalue weighted by molar-refractivity contribution is 5.88. The topological polar surface area (TPSA) is 64.4 Å². The molecule has 13 heavy (non-hydrogen) atoms. The van der Waals surface area contributed by atoms with Crippen molar-refractivity contribution < 1.29 is 14.6 Å². The van der Waals surface area contributed by atoms with Crippen molar-refractivity contribution in [2.75, 3.05) is 0 Å². The molecule has 1 aromatic rings. The molecule has 5 heteroatoms. The van der Waals surface area contributed by atoms with E-state index in [0.717, 1.165) is 13.0 Å². The van der Waals surface area contributed by atoms with Crippen LogP contribution in [0.5, 0.6) is 5.88 Å². The van der Waals surface area contributed by atoms with Crippen molar-refractivity contribution in [3.63, 3.8) is 0 Å². The van der Waals surface area contributed by atoms with E-state index in [1.54, 1.807) is 4.57 Å². The Morgan fingerprint density at radius 3 is 3.31 bits per heavy atom. The Hall–Kier alpha value is -1.52. The third kappa shape index (κ3) is 1.26. The van der Waals surface area contributed by atoms with Crippen LogP contribution in [0.25, 0.3) is 0 Å². The molecule has 2 rings (SSSR count). The van der Waals surface area contributed by atoms with Crippen LogP contribution in [-0.4, -0.2) is 26.7 Å². The van der Waals surface area contributed by atoms with E-state index in [2.05, 4.69) is 4.98 Å². The molecule has 0 fully saturated rings. The van der Waals surface area contributed by atoms with Gasteiger partial charge in [0.05, 0.1) is 12.4 Å². The SMILES string of the molecule is CC1CCn2cnc(C(=O)O)c2O1. The van der Waals surface area contributed by atoms with Gasteiger partial charge in [0.2, 0.25) is 11.6 Å². The number of hydrogen-bond acceptors (Lipinski definition) is 3. The molecule has 1 unspecified atom stereocenters. The number of aromatic carboxylic acids is 1. The molecule has 1 N–H and O–H groups in total. The fourth-order valence-electron chi connectivity index (χ4n) is 1.37. The standard InChI is InChI=1S/C8H10N2O3/c1-5-2-3-10-4-9-6(8(11)12)7(10)13-5/h4-5H,2-3H2,1H3,(H,11,12). The Kier molecular flexibility index (Phi) is 1.72. The number of aryl methyl sites for hydroxylation is 1. The molecule has 0 radical (unpaired) electrons. The minimum atomic E-state index is -1.04. The van der Waals surface area contributed by atoms with Gasteiger partial charge in [-0.15, -0.1) is 0 Å². The summed E-state index contributed by atoms with van der Waals surface area (Å²) >= 11 is 0. The Balaban J connectivity index is 2.41. The summed E-state index contributed by atoms with van der Waals surface area (Å²) in [5, 5.41) is 8.76. The fourth-order valence-corrected chi connectivity index (χ4v) is 1.37. The Bertz CT molecular complexity index is 345. The molecule has 5 nitrogen and oxygen atoms in total. The predicted molar refractivity (Wildman–Crippen MR) is 43.9 cm³/mol. The van der Waals surface area contributed by atoms with E-state index in [-0.39, 0.29) is 11.8 Å². The maximum atomic E-state index is 10.7. The third-order valence-corrected chi connectivity index (χ3v) is 2.08. The van der Waals surface area contributed by atoms with Crippen LogP contribution in [0.4, 0.5) is 0 Å². The number of carbonyl (C=O) groups is 1. The lowest BCUT2D eigenvalue weighted by Gasteiger charge is -2.21. The van der Waals surface area contributed by atoms with E-state index >= 15 is 0 Å². The molecule has 1 aliphatic rings. The molecule has 70 valence electrons. The summed E-state index contributed by atoms with van der Waals surface area (Å²) in [6.45, 7) is 2.69. The second-order valence-corrected chi connectivity index (χ2v) is 3.11. The molecular weight excluding hydrogens is 172 g/mol. The van der Waals surface area contributed by atoms with Crippen LogP contribution in [0.15, 0.2) is 6.33 Å². The number of ether oxygens (including phenoxy) is 1. The normalized spacial score (nSPS) is 20.5. The fraction of sp³-hybridized carbons (Fsp3) is 0.500. The number of hydrogen-bond donors (Lipinski definition) is 1. The molecule has 0 spiro atoms. The van der Waals surface area contributed by atoms with Crippen molar-refractivity contribution >= 4 is 5.97 Å². The number of carboxylic acid groups (broad SMARTS) is 1. The van der Waals surface area contributed by atoms with Crippen LogP contribution in [0, 0.1) is 0 Å². The van der Waals surface area contributed by atoms with E-state index in [1.165, 1.54) is 6.33 Å². The maximum absolute atomic E-state index is 10.7. The zero-order chi connectivity index (χ0) is 9.42.